The summed E-state index contributed by atoms with van der Waals surface area (Å²) in [6.45, 7) is 0.962. The van der Waals surface area contributed by atoms with Gasteiger partial charge in [-0.3, -0.25) is 9.59 Å². The first-order valence-corrected chi connectivity index (χ1v) is 11.7. The minimum Gasteiger partial charge on any atom is -0.455 e. The van der Waals surface area contributed by atoms with Crippen LogP contribution in [0.15, 0.2) is 29.2 Å². The number of ether oxygens (including phenoxy) is 1. The number of rotatable bonds is 7. The van der Waals surface area contributed by atoms with Crippen LogP contribution in [0.4, 0.5) is 0 Å². The Morgan fingerprint density at radius 2 is 1.59 bits per heavy atom. The van der Waals surface area contributed by atoms with Crippen LogP contribution in [0, 0.1) is 24.7 Å². The molecule has 0 radical (unpaired) electrons. The number of sulfonamides is 1. The third kappa shape index (κ3) is 4.64. The summed E-state index contributed by atoms with van der Waals surface area (Å²) >= 11 is 0. The van der Waals surface area contributed by atoms with Gasteiger partial charge in [0.05, 0.1) is 4.90 Å². The molecule has 8 heteroatoms. The number of amides is 1. The summed E-state index contributed by atoms with van der Waals surface area (Å²) in [5.74, 6) is 1.05. The summed E-state index contributed by atoms with van der Waals surface area (Å²) in [7, 11) is -3.80. The lowest BCUT2D eigenvalue weighted by Gasteiger charge is -2.56. The summed E-state index contributed by atoms with van der Waals surface area (Å²) in [5, 5.41) is 3.13. The highest BCUT2D eigenvalue weighted by Crippen LogP contribution is 2.55. The van der Waals surface area contributed by atoms with Crippen LogP contribution in [0.1, 0.15) is 44.1 Å². The van der Waals surface area contributed by atoms with Crippen molar-refractivity contribution in [3.8, 4) is 0 Å². The van der Waals surface area contributed by atoms with Crippen molar-refractivity contribution >= 4 is 21.9 Å². The number of aryl methyl sites for hydroxylation is 1. The number of esters is 1. The van der Waals surface area contributed by atoms with Gasteiger partial charge in [0.25, 0.3) is 5.91 Å². The minimum absolute atomic E-state index is 0.0791. The van der Waals surface area contributed by atoms with Crippen molar-refractivity contribution in [3.05, 3.63) is 29.8 Å². The van der Waals surface area contributed by atoms with Crippen LogP contribution < -0.4 is 10.0 Å². The molecule has 4 saturated carbocycles. The molecule has 5 rings (SSSR count). The molecule has 4 aliphatic rings. The summed E-state index contributed by atoms with van der Waals surface area (Å²) in [6, 6.07) is 6.31. The molecule has 0 aromatic heterocycles. The first kappa shape index (κ1) is 20.3. The molecule has 1 aromatic rings. The van der Waals surface area contributed by atoms with Crippen LogP contribution in [0.2, 0.25) is 0 Å². The van der Waals surface area contributed by atoms with Crippen LogP contribution >= 0.6 is 0 Å². The molecule has 2 N–H and O–H groups in total. The Labute approximate surface area is 171 Å². The van der Waals surface area contributed by atoms with Gasteiger partial charge in [0.2, 0.25) is 10.0 Å². The Kier molecular flexibility index (Phi) is 5.42. The Morgan fingerprint density at radius 3 is 2.14 bits per heavy atom. The fourth-order valence-electron chi connectivity index (χ4n) is 5.75. The number of nitrogens with one attached hydrogen (secondary N) is 2. The summed E-state index contributed by atoms with van der Waals surface area (Å²) in [6.07, 6.45) is 6.92. The molecule has 0 saturated heterocycles. The average Bonchev–Trinajstić information content (AvgIpc) is 2.63. The lowest BCUT2D eigenvalue weighted by Crippen LogP contribution is -2.60. The predicted octanol–water partition coefficient (Wildman–Crippen LogP) is 1.90. The van der Waals surface area contributed by atoms with Gasteiger partial charge in [-0.2, -0.15) is 4.72 Å². The van der Waals surface area contributed by atoms with Crippen LogP contribution in [-0.2, 0) is 24.3 Å². The summed E-state index contributed by atoms with van der Waals surface area (Å²) in [4.78, 5) is 24.4. The number of benzene rings is 1. The van der Waals surface area contributed by atoms with E-state index in [9.17, 15) is 18.0 Å². The standard InChI is InChI=1S/C21H28N2O5S/c1-14-2-4-18(5-3-14)29(26,27)22-12-20(25)28-13-19(24)23-21-9-15-6-16(10-21)8-17(7-15)11-21/h2-5,15-17,22H,6-13H2,1H3,(H,23,24). The van der Waals surface area contributed by atoms with Crippen molar-refractivity contribution in [1.82, 2.24) is 10.0 Å². The van der Waals surface area contributed by atoms with E-state index in [0.29, 0.717) is 17.8 Å². The normalized spacial score (nSPS) is 30.2. The minimum atomic E-state index is -3.80. The van der Waals surface area contributed by atoms with E-state index in [-0.39, 0.29) is 22.9 Å². The lowest BCUT2D eigenvalue weighted by atomic mass is 9.53. The van der Waals surface area contributed by atoms with E-state index >= 15 is 0 Å². The van der Waals surface area contributed by atoms with Gasteiger partial charge in [-0.15, -0.1) is 0 Å². The van der Waals surface area contributed by atoms with Gasteiger partial charge in [0.1, 0.15) is 6.54 Å². The Hall–Kier alpha value is -1.93. The molecule has 0 spiro atoms. The van der Waals surface area contributed by atoms with Crippen LogP contribution in [0.3, 0.4) is 0 Å². The van der Waals surface area contributed by atoms with Crippen molar-refractivity contribution in [2.75, 3.05) is 13.2 Å². The maximum absolute atomic E-state index is 12.4. The Balaban J connectivity index is 1.23. The van der Waals surface area contributed by atoms with E-state index in [4.69, 9.17) is 4.74 Å². The van der Waals surface area contributed by atoms with Crippen LogP contribution in [0.25, 0.3) is 0 Å². The monoisotopic (exact) mass is 420 g/mol. The molecule has 0 atom stereocenters. The zero-order chi connectivity index (χ0) is 20.6. The predicted molar refractivity (Wildman–Crippen MR) is 106 cm³/mol. The smallest absolute Gasteiger partial charge is 0.321 e. The lowest BCUT2D eigenvalue weighted by molar-refractivity contribution is -0.149. The molecule has 29 heavy (non-hydrogen) atoms. The topological polar surface area (TPSA) is 102 Å². The number of hydrogen-bond donors (Lipinski definition) is 2. The average molecular weight is 421 g/mol. The highest BCUT2D eigenvalue weighted by Gasteiger charge is 2.51. The second kappa shape index (κ2) is 7.72. The van der Waals surface area contributed by atoms with Gasteiger partial charge in [-0.1, -0.05) is 17.7 Å². The van der Waals surface area contributed by atoms with E-state index in [1.165, 1.54) is 31.4 Å². The summed E-state index contributed by atoms with van der Waals surface area (Å²) in [5.41, 5.74) is 0.805. The Morgan fingerprint density at radius 1 is 1.03 bits per heavy atom. The third-order valence-corrected chi connectivity index (χ3v) is 7.96. The van der Waals surface area contributed by atoms with Gasteiger partial charge >= 0.3 is 5.97 Å². The molecule has 4 fully saturated rings. The van der Waals surface area contributed by atoms with E-state index in [0.717, 1.165) is 24.8 Å². The van der Waals surface area contributed by atoms with Crippen LogP contribution in [-0.4, -0.2) is 39.0 Å². The second-order valence-electron chi connectivity index (χ2n) is 9.04. The number of hydrogen-bond acceptors (Lipinski definition) is 5. The largest absolute Gasteiger partial charge is 0.455 e. The third-order valence-electron chi connectivity index (χ3n) is 6.54. The zero-order valence-corrected chi connectivity index (χ0v) is 17.5. The van der Waals surface area contributed by atoms with E-state index in [1.807, 2.05) is 6.92 Å². The highest BCUT2D eigenvalue weighted by atomic mass is 32.2. The maximum atomic E-state index is 12.4. The van der Waals surface area contributed by atoms with E-state index < -0.39 is 22.5 Å². The van der Waals surface area contributed by atoms with Gasteiger partial charge in [-0.25, -0.2) is 8.42 Å². The quantitative estimate of drug-likeness (QED) is 0.656. The van der Waals surface area contributed by atoms with Gasteiger partial charge in [0.15, 0.2) is 6.61 Å². The molecule has 0 aliphatic heterocycles. The Bertz CT molecular complexity index is 859. The fourth-order valence-corrected chi connectivity index (χ4v) is 6.72. The molecule has 0 heterocycles. The highest BCUT2D eigenvalue weighted by molar-refractivity contribution is 7.89. The molecule has 1 amide bonds. The second-order valence-corrected chi connectivity index (χ2v) is 10.8. The number of carbonyl (C=O) groups excluding carboxylic acids is 2. The SMILES string of the molecule is Cc1ccc(S(=O)(=O)NCC(=O)OCC(=O)NC23CC4CC(CC(C4)C2)C3)cc1. The molecular weight excluding hydrogens is 392 g/mol. The van der Waals surface area contributed by atoms with Crippen molar-refractivity contribution < 1.29 is 22.7 Å². The van der Waals surface area contributed by atoms with Crippen molar-refractivity contribution in [3.63, 3.8) is 0 Å². The zero-order valence-electron chi connectivity index (χ0n) is 16.6. The van der Waals surface area contributed by atoms with Crippen molar-refractivity contribution in [1.29, 1.82) is 0 Å². The molecule has 4 bridgehead atoms. The first-order valence-electron chi connectivity index (χ1n) is 10.3. The molecule has 4 aliphatic carbocycles. The fraction of sp³-hybridized carbons (Fsp3) is 0.619. The van der Waals surface area contributed by atoms with Crippen molar-refractivity contribution in [2.24, 2.45) is 17.8 Å². The molecule has 158 valence electrons. The van der Waals surface area contributed by atoms with E-state index in [1.54, 1.807) is 12.1 Å². The van der Waals surface area contributed by atoms with Gasteiger partial charge < -0.3 is 10.1 Å². The molecule has 0 unspecified atom stereocenters. The molecular formula is C21H28N2O5S. The first-order chi connectivity index (χ1) is 13.7. The summed E-state index contributed by atoms with van der Waals surface area (Å²) < 4.78 is 31.6. The van der Waals surface area contributed by atoms with E-state index in [2.05, 4.69) is 10.0 Å². The van der Waals surface area contributed by atoms with Crippen LogP contribution in [0.5, 0.6) is 0 Å². The van der Waals surface area contributed by atoms with Gasteiger partial charge in [0, 0.05) is 5.54 Å². The molecule has 7 nitrogen and oxygen atoms in total. The number of carbonyl (C=O) groups is 2. The maximum Gasteiger partial charge on any atom is 0.321 e. The van der Waals surface area contributed by atoms with Crippen molar-refractivity contribution in [2.45, 2.75) is 55.9 Å². The van der Waals surface area contributed by atoms with Gasteiger partial charge in [-0.05, 0) is 75.3 Å². The molecule has 1 aromatic carbocycles.